The summed E-state index contributed by atoms with van der Waals surface area (Å²) in [5.41, 5.74) is 5.51. The van der Waals surface area contributed by atoms with Crippen molar-refractivity contribution in [2.75, 3.05) is 19.0 Å². The Bertz CT molecular complexity index is 433. The number of halogens is 3. The Balaban J connectivity index is 2.00. The Morgan fingerprint density at radius 3 is 2.55 bits per heavy atom. The molecule has 1 fully saturated rings. The van der Waals surface area contributed by atoms with Crippen molar-refractivity contribution >= 4 is 11.8 Å². The standard InChI is InChI=1S/C14H18F3NOS/c15-14(16,17)12-4-2-1-3-11(12)13(18)9-20-10-5-7-19-8-6-10/h1-4,10,13H,5-9,18H2. The summed E-state index contributed by atoms with van der Waals surface area (Å²) in [6, 6.07) is 4.96. The van der Waals surface area contributed by atoms with E-state index in [1.807, 2.05) is 0 Å². The maximum absolute atomic E-state index is 12.9. The molecule has 1 aliphatic heterocycles. The van der Waals surface area contributed by atoms with Crippen LogP contribution in [0.5, 0.6) is 0 Å². The summed E-state index contributed by atoms with van der Waals surface area (Å²) >= 11 is 1.65. The van der Waals surface area contributed by atoms with E-state index in [-0.39, 0.29) is 5.56 Å². The van der Waals surface area contributed by atoms with E-state index in [1.165, 1.54) is 12.1 Å². The summed E-state index contributed by atoms with van der Waals surface area (Å²) in [6.45, 7) is 1.46. The lowest BCUT2D eigenvalue weighted by Gasteiger charge is -2.24. The molecule has 0 aromatic heterocycles. The Hall–Kier alpha value is -0.720. The zero-order valence-electron chi connectivity index (χ0n) is 11.0. The molecule has 0 radical (unpaired) electrons. The zero-order valence-corrected chi connectivity index (χ0v) is 11.8. The van der Waals surface area contributed by atoms with Gasteiger partial charge in [0.2, 0.25) is 0 Å². The first kappa shape index (κ1) is 15.7. The van der Waals surface area contributed by atoms with Gasteiger partial charge in [0.25, 0.3) is 0 Å². The SMILES string of the molecule is NC(CSC1CCOCC1)c1ccccc1C(F)(F)F. The molecule has 112 valence electrons. The highest BCUT2D eigenvalue weighted by Gasteiger charge is 2.34. The minimum Gasteiger partial charge on any atom is -0.381 e. The van der Waals surface area contributed by atoms with Crippen molar-refractivity contribution in [1.29, 1.82) is 0 Å². The Morgan fingerprint density at radius 1 is 1.25 bits per heavy atom. The summed E-state index contributed by atoms with van der Waals surface area (Å²) < 4.78 is 44.0. The fraction of sp³-hybridized carbons (Fsp3) is 0.571. The number of alkyl halides is 3. The molecule has 1 aromatic rings. The van der Waals surface area contributed by atoms with Gasteiger partial charge in [0.15, 0.2) is 0 Å². The minimum atomic E-state index is -4.35. The molecule has 0 saturated carbocycles. The maximum Gasteiger partial charge on any atom is 0.416 e. The first-order chi connectivity index (χ1) is 9.48. The molecular weight excluding hydrogens is 287 g/mol. The number of benzene rings is 1. The van der Waals surface area contributed by atoms with E-state index >= 15 is 0 Å². The lowest BCUT2D eigenvalue weighted by atomic mass is 10.0. The van der Waals surface area contributed by atoms with Gasteiger partial charge in [-0.15, -0.1) is 0 Å². The predicted molar refractivity (Wildman–Crippen MR) is 74.7 cm³/mol. The average molecular weight is 305 g/mol. The molecule has 0 amide bonds. The van der Waals surface area contributed by atoms with E-state index in [0.717, 1.165) is 32.1 Å². The van der Waals surface area contributed by atoms with Gasteiger partial charge in [0.05, 0.1) is 5.56 Å². The lowest BCUT2D eigenvalue weighted by Crippen LogP contribution is -2.22. The number of rotatable bonds is 4. The van der Waals surface area contributed by atoms with E-state index in [4.69, 9.17) is 10.5 Å². The van der Waals surface area contributed by atoms with Gasteiger partial charge in [-0.05, 0) is 24.5 Å². The highest BCUT2D eigenvalue weighted by Crippen LogP contribution is 2.35. The summed E-state index contributed by atoms with van der Waals surface area (Å²) in [5.74, 6) is 0.498. The average Bonchev–Trinajstić information content (AvgIpc) is 2.45. The van der Waals surface area contributed by atoms with E-state index in [1.54, 1.807) is 17.8 Å². The monoisotopic (exact) mass is 305 g/mol. The van der Waals surface area contributed by atoms with Gasteiger partial charge >= 0.3 is 6.18 Å². The topological polar surface area (TPSA) is 35.2 Å². The maximum atomic E-state index is 12.9. The van der Waals surface area contributed by atoms with Crippen molar-refractivity contribution < 1.29 is 17.9 Å². The third-order valence-corrected chi connectivity index (χ3v) is 4.84. The number of hydrogen-bond acceptors (Lipinski definition) is 3. The minimum absolute atomic E-state index is 0.180. The molecule has 0 aliphatic carbocycles. The molecule has 1 aliphatic rings. The van der Waals surface area contributed by atoms with Crippen LogP contribution < -0.4 is 5.73 Å². The Morgan fingerprint density at radius 2 is 1.90 bits per heavy atom. The Kier molecular flexibility index (Phi) is 5.35. The summed E-state index contributed by atoms with van der Waals surface area (Å²) in [5, 5.41) is 0.438. The summed E-state index contributed by atoms with van der Waals surface area (Å²) in [6.07, 6.45) is -2.46. The van der Waals surface area contributed by atoms with Gasteiger partial charge in [0.1, 0.15) is 0 Å². The van der Waals surface area contributed by atoms with Gasteiger partial charge in [-0.3, -0.25) is 0 Å². The second-order valence-electron chi connectivity index (χ2n) is 4.84. The smallest absolute Gasteiger partial charge is 0.381 e. The van der Waals surface area contributed by atoms with Crippen LogP contribution in [0.4, 0.5) is 13.2 Å². The van der Waals surface area contributed by atoms with Crippen LogP contribution in [-0.4, -0.2) is 24.2 Å². The number of hydrogen-bond donors (Lipinski definition) is 1. The van der Waals surface area contributed by atoms with Crippen LogP contribution in [0.3, 0.4) is 0 Å². The second-order valence-corrected chi connectivity index (χ2v) is 6.17. The van der Waals surface area contributed by atoms with E-state index in [2.05, 4.69) is 0 Å². The van der Waals surface area contributed by atoms with Crippen molar-refractivity contribution in [2.45, 2.75) is 30.3 Å². The van der Waals surface area contributed by atoms with Crippen molar-refractivity contribution in [3.05, 3.63) is 35.4 Å². The molecular formula is C14H18F3NOS. The molecule has 2 nitrogen and oxygen atoms in total. The van der Waals surface area contributed by atoms with Gasteiger partial charge in [-0.1, -0.05) is 18.2 Å². The second kappa shape index (κ2) is 6.83. The van der Waals surface area contributed by atoms with Gasteiger partial charge in [-0.25, -0.2) is 0 Å². The largest absolute Gasteiger partial charge is 0.416 e. The fourth-order valence-corrected chi connectivity index (χ4v) is 3.44. The summed E-state index contributed by atoms with van der Waals surface area (Å²) in [4.78, 5) is 0. The van der Waals surface area contributed by atoms with Crippen LogP contribution >= 0.6 is 11.8 Å². The molecule has 2 N–H and O–H groups in total. The van der Waals surface area contributed by atoms with Crippen molar-refractivity contribution in [1.82, 2.24) is 0 Å². The van der Waals surface area contributed by atoms with Crippen LogP contribution in [0, 0.1) is 0 Å². The number of ether oxygens (including phenoxy) is 1. The van der Waals surface area contributed by atoms with Crippen molar-refractivity contribution in [3.8, 4) is 0 Å². The zero-order chi connectivity index (χ0) is 14.6. The van der Waals surface area contributed by atoms with E-state index in [9.17, 15) is 13.2 Å². The first-order valence-electron chi connectivity index (χ1n) is 6.59. The normalized spacial score (nSPS) is 19.0. The molecule has 2 rings (SSSR count). The lowest BCUT2D eigenvalue weighted by molar-refractivity contribution is -0.138. The van der Waals surface area contributed by atoms with Crippen LogP contribution in [0.2, 0.25) is 0 Å². The molecule has 1 saturated heterocycles. The highest BCUT2D eigenvalue weighted by atomic mass is 32.2. The van der Waals surface area contributed by atoms with E-state index < -0.39 is 17.8 Å². The van der Waals surface area contributed by atoms with E-state index in [0.29, 0.717) is 11.0 Å². The van der Waals surface area contributed by atoms with Gasteiger partial charge in [-0.2, -0.15) is 24.9 Å². The fourth-order valence-electron chi connectivity index (χ4n) is 2.25. The predicted octanol–water partition coefficient (Wildman–Crippen LogP) is 3.62. The third kappa shape index (κ3) is 4.14. The first-order valence-corrected chi connectivity index (χ1v) is 7.64. The highest BCUT2D eigenvalue weighted by molar-refractivity contribution is 7.99. The molecule has 1 heterocycles. The van der Waals surface area contributed by atoms with Crippen LogP contribution in [0.1, 0.15) is 30.0 Å². The quantitative estimate of drug-likeness (QED) is 0.923. The van der Waals surface area contributed by atoms with Crippen LogP contribution in [0.25, 0.3) is 0 Å². The molecule has 0 spiro atoms. The van der Waals surface area contributed by atoms with Crippen LogP contribution in [-0.2, 0) is 10.9 Å². The number of thioether (sulfide) groups is 1. The van der Waals surface area contributed by atoms with Crippen LogP contribution in [0.15, 0.2) is 24.3 Å². The number of nitrogens with two attached hydrogens (primary N) is 1. The van der Waals surface area contributed by atoms with Gasteiger partial charge < -0.3 is 10.5 Å². The molecule has 6 heteroatoms. The van der Waals surface area contributed by atoms with Crippen molar-refractivity contribution in [3.63, 3.8) is 0 Å². The van der Waals surface area contributed by atoms with Gasteiger partial charge in [0, 0.05) is 30.3 Å². The Labute approximate surface area is 120 Å². The summed E-state index contributed by atoms with van der Waals surface area (Å²) in [7, 11) is 0. The van der Waals surface area contributed by atoms with Crippen molar-refractivity contribution in [2.24, 2.45) is 5.73 Å². The molecule has 20 heavy (non-hydrogen) atoms. The molecule has 1 unspecified atom stereocenters. The third-order valence-electron chi connectivity index (χ3n) is 3.35. The molecule has 0 bridgehead atoms. The molecule has 1 aromatic carbocycles. The molecule has 1 atom stereocenters.